The number of rotatable bonds is 4. The Morgan fingerprint density at radius 3 is 2.92 bits per heavy atom. The molecule has 1 rings (SSSR count). The SMILES string of the molecule is C=C/C=C\CC(O)c1ccc(C)o1. The Bertz CT molecular complexity index is 297. The minimum Gasteiger partial charge on any atom is -0.464 e. The molecule has 1 aromatic heterocycles. The van der Waals surface area contributed by atoms with E-state index in [1.807, 2.05) is 19.1 Å². The molecule has 1 aromatic rings. The second kappa shape index (κ2) is 4.67. The molecule has 0 aliphatic heterocycles. The summed E-state index contributed by atoms with van der Waals surface area (Å²) < 4.78 is 5.27. The van der Waals surface area contributed by atoms with Gasteiger partial charge in [-0.2, -0.15) is 0 Å². The van der Waals surface area contributed by atoms with Gasteiger partial charge in [0.25, 0.3) is 0 Å². The van der Waals surface area contributed by atoms with Gasteiger partial charge in [0.15, 0.2) is 0 Å². The fraction of sp³-hybridized carbons (Fsp3) is 0.273. The molecule has 0 fully saturated rings. The maximum atomic E-state index is 9.58. The lowest BCUT2D eigenvalue weighted by molar-refractivity contribution is 0.151. The molecule has 1 N–H and O–H groups in total. The van der Waals surface area contributed by atoms with E-state index < -0.39 is 6.10 Å². The Labute approximate surface area is 78.2 Å². The van der Waals surface area contributed by atoms with E-state index in [-0.39, 0.29) is 0 Å². The van der Waals surface area contributed by atoms with Crippen LogP contribution in [0.4, 0.5) is 0 Å². The molecule has 0 spiro atoms. The summed E-state index contributed by atoms with van der Waals surface area (Å²) >= 11 is 0. The maximum absolute atomic E-state index is 9.58. The third-order valence-corrected chi connectivity index (χ3v) is 1.72. The molecule has 2 nitrogen and oxygen atoms in total. The Morgan fingerprint density at radius 1 is 1.62 bits per heavy atom. The highest BCUT2D eigenvalue weighted by Gasteiger charge is 2.08. The van der Waals surface area contributed by atoms with Crippen molar-refractivity contribution in [3.8, 4) is 0 Å². The lowest BCUT2D eigenvalue weighted by Gasteiger charge is -2.02. The molecule has 13 heavy (non-hydrogen) atoms. The summed E-state index contributed by atoms with van der Waals surface area (Å²) in [6, 6.07) is 3.64. The van der Waals surface area contributed by atoms with Crippen LogP contribution in [0, 0.1) is 6.92 Å². The van der Waals surface area contributed by atoms with E-state index in [1.54, 1.807) is 18.2 Å². The highest BCUT2D eigenvalue weighted by molar-refractivity contribution is 5.09. The average Bonchev–Trinajstić information content (AvgIpc) is 2.52. The van der Waals surface area contributed by atoms with Gasteiger partial charge in [-0.05, 0) is 25.5 Å². The minimum atomic E-state index is -0.551. The van der Waals surface area contributed by atoms with Crippen molar-refractivity contribution in [2.45, 2.75) is 19.4 Å². The zero-order valence-corrected chi connectivity index (χ0v) is 7.73. The van der Waals surface area contributed by atoms with Crippen molar-refractivity contribution < 1.29 is 9.52 Å². The van der Waals surface area contributed by atoms with Crippen molar-refractivity contribution in [1.82, 2.24) is 0 Å². The number of hydrogen-bond donors (Lipinski definition) is 1. The monoisotopic (exact) mass is 178 g/mol. The average molecular weight is 178 g/mol. The molecule has 70 valence electrons. The van der Waals surface area contributed by atoms with Gasteiger partial charge in [-0.15, -0.1) is 0 Å². The van der Waals surface area contributed by atoms with E-state index in [4.69, 9.17) is 4.42 Å². The van der Waals surface area contributed by atoms with Crippen LogP contribution in [-0.2, 0) is 0 Å². The molecule has 0 aromatic carbocycles. The van der Waals surface area contributed by atoms with Gasteiger partial charge in [0.05, 0.1) is 0 Å². The number of allylic oxidation sites excluding steroid dienone is 2. The topological polar surface area (TPSA) is 33.4 Å². The predicted octanol–water partition coefficient (Wildman–Crippen LogP) is 2.75. The first-order valence-corrected chi connectivity index (χ1v) is 4.26. The molecule has 0 aliphatic rings. The Hall–Kier alpha value is -1.28. The Balaban J connectivity index is 2.53. The maximum Gasteiger partial charge on any atom is 0.132 e. The molecular formula is C11H14O2. The first-order valence-electron chi connectivity index (χ1n) is 4.26. The van der Waals surface area contributed by atoms with Crippen molar-refractivity contribution in [2.24, 2.45) is 0 Å². The fourth-order valence-corrected chi connectivity index (χ4v) is 1.05. The van der Waals surface area contributed by atoms with Gasteiger partial charge >= 0.3 is 0 Å². The Kier molecular flexibility index (Phi) is 3.53. The normalized spacial score (nSPS) is 13.4. The van der Waals surface area contributed by atoms with E-state index in [0.717, 1.165) is 5.76 Å². The second-order valence-corrected chi connectivity index (χ2v) is 2.86. The smallest absolute Gasteiger partial charge is 0.132 e. The van der Waals surface area contributed by atoms with Crippen molar-refractivity contribution in [2.75, 3.05) is 0 Å². The van der Waals surface area contributed by atoms with Crippen LogP contribution < -0.4 is 0 Å². The molecule has 0 bridgehead atoms. The van der Waals surface area contributed by atoms with Gasteiger partial charge in [-0.1, -0.05) is 24.8 Å². The van der Waals surface area contributed by atoms with Crippen LogP contribution in [0.3, 0.4) is 0 Å². The van der Waals surface area contributed by atoms with E-state index in [9.17, 15) is 5.11 Å². The third-order valence-electron chi connectivity index (χ3n) is 1.72. The van der Waals surface area contributed by atoms with Gasteiger partial charge in [-0.25, -0.2) is 0 Å². The van der Waals surface area contributed by atoms with Crippen LogP contribution in [0.25, 0.3) is 0 Å². The molecular weight excluding hydrogens is 164 g/mol. The van der Waals surface area contributed by atoms with E-state index in [2.05, 4.69) is 6.58 Å². The highest BCUT2D eigenvalue weighted by atomic mass is 16.4. The van der Waals surface area contributed by atoms with Crippen LogP contribution >= 0.6 is 0 Å². The largest absolute Gasteiger partial charge is 0.464 e. The van der Waals surface area contributed by atoms with Crippen LogP contribution in [0.15, 0.2) is 41.4 Å². The van der Waals surface area contributed by atoms with Crippen molar-refractivity contribution in [1.29, 1.82) is 0 Å². The zero-order chi connectivity index (χ0) is 9.68. The lowest BCUT2D eigenvalue weighted by Crippen LogP contribution is -1.92. The van der Waals surface area contributed by atoms with Crippen molar-refractivity contribution in [3.05, 3.63) is 48.5 Å². The molecule has 0 radical (unpaired) electrons. The van der Waals surface area contributed by atoms with Gasteiger partial charge in [0, 0.05) is 0 Å². The van der Waals surface area contributed by atoms with Gasteiger partial charge in [0.1, 0.15) is 17.6 Å². The first kappa shape index (κ1) is 9.81. The van der Waals surface area contributed by atoms with E-state index in [0.29, 0.717) is 12.2 Å². The molecule has 1 heterocycles. The molecule has 1 unspecified atom stereocenters. The number of hydrogen-bond acceptors (Lipinski definition) is 2. The van der Waals surface area contributed by atoms with Gasteiger partial charge in [0.2, 0.25) is 0 Å². The standard InChI is InChI=1S/C11H14O2/c1-3-4-5-6-10(12)11-8-7-9(2)13-11/h3-5,7-8,10,12H,1,6H2,2H3/b5-4-. The summed E-state index contributed by atoms with van der Waals surface area (Å²) in [5.41, 5.74) is 0. The van der Waals surface area contributed by atoms with E-state index in [1.165, 1.54) is 0 Å². The first-order chi connectivity index (χ1) is 6.24. The molecule has 2 heteroatoms. The van der Waals surface area contributed by atoms with Crippen LogP contribution in [0.2, 0.25) is 0 Å². The third kappa shape index (κ3) is 2.92. The van der Waals surface area contributed by atoms with Crippen molar-refractivity contribution in [3.63, 3.8) is 0 Å². The summed E-state index contributed by atoms with van der Waals surface area (Å²) in [7, 11) is 0. The molecule has 0 aliphatic carbocycles. The number of furan rings is 1. The fourth-order valence-electron chi connectivity index (χ4n) is 1.05. The molecule has 0 saturated carbocycles. The summed E-state index contributed by atoms with van der Waals surface area (Å²) in [5, 5.41) is 9.58. The zero-order valence-electron chi connectivity index (χ0n) is 7.73. The summed E-state index contributed by atoms with van der Waals surface area (Å²) in [5.74, 6) is 1.44. The van der Waals surface area contributed by atoms with E-state index >= 15 is 0 Å². The number of aryl methyl sites for hydroxylation is 1. The quantitative estimate of drug-likeness (QED) is 0.719. The molecule has 1 atom stereocenters. The highest BCUT2D eigenvalue weighted by Crippen LogP contribution is 2.19. The molecule has 0 saturated heterocycles. The molecule has 0 amide bonds. The minimum absolute atomic E-state index is 0.551. The van der Waals surface area contributed by atoms with Crippen LogP contribution in [0.5, 0.6) is 0 Å². The summed E-state index contributed by atoms with van der Waals surface area (Å²) in [6.07, 6.45) is 5.35. The predicted molar refractivity (Wildman–Crippen MR) is 52.4 cm³/mol. The summed E-state index contributed by atoms with van der Waals surface area (Å²) in [6.45, 7) is 5.40. The van der Waals surface area contributed by atoms with Gasteiger partial charge < -0.3 is 9.52 Å². The Morgan fingerprint density at radius 2 is 2.38 bits per heavy atom. The van der Waals surface area contributed by atoms with Crippen LogP contribution in [0.1, 0.15) is 24.0 Å². The number of aliphatic hydroxyl groups excluding tert-OH is 1. The number of aliphatic hydroxyl groups is 1. The second-order valence-electron chi connectivity index (χ2n) is 2.86. The van der Waals surface area contributed by atoms with Gasteiger partial charge in [-0.3, -0.25) is 0 Å². The van der Waals surface area contributed by atoms with Crippen molar-refractivity contribution >= 4 is 0 Å². The lowest BCUT2D eigenvalue weighted by atomic mass is 10.2. The van der Waals surface area contributed by atoms with Crippen LogP contribution in [-0.4, -0.2) is 5.11 Å². The summed E-state index contributed by atoms with van der Waals surface area (Å²) in [4.78, 5) is 0.